The third-order valence-electron chi connectivity index (χ3n) is 4.10. The van der Waals surface area contributed by atoms with Crippen molar-refractivity contribution in [3.8, 4) is 0 Å². The Morgan fingerprint density at radius 3 is 2.88 bits per heavy atom. The quantitative estimate of drug-likeness (QED) is 0.868. The molecule has 17 heavy (non-hydrogen) atoms. The second kappa shape index (κ2) is 4.75. The molecule has 1 saturated carbocycles. The predicted octanol–water partition coefficient (Wildman–Crippen LogP) is 2.27. The monoisotopic (exact) mass is 232 g/mol. The molecule has 1 N–H and O–H groups in total. The van der Waals surface area contributed by atoms with E-state index in [0.717, 1.165) is 19.6 Å². The molecule has 1 aliphatic heterocycles. The summed E-state index contributed by atoms with van der Waals surface area (Å²) in [4.78, 5) is 4.04. The molecule has 0 radical (unpaired) electrons. The van der Waals surface area contributed by atoms with Gasteiger partial charge in [-0.1, -0.05) is 0 Å². The molecule has 1 spiro atoms. The van der Waals surface area contributed by atoms with Crippen LogP contribution in [0.5, 0.6) is 0 Å². The first kappa shape index (κ1) is 11.2. The van der Waals surface area contributed by atoms with Gasteiger partial charge in [0, 0.05) is 31.6 Å². The van der Waals surface area contributed by atoms with Crippen LogP contribution in [-0.4, -0.2) is 23.2 Å². The van der Waals surface area contributed by atoms with E-state index in [4.69, 9.17) is 4.74 Å². The Labute approximate surface area is 103 Å². The van der Waals surface area contributed by atoms with Gasteiger partial charge in [0.1, 0.15) is 0 Å². The normalized spacial score (nSPS) is 26.7. The van der Waals surface area contributed by atoms with E-state index < -0.39 is 0 Å². The van der Waals surface area contributed by atoms with Crippen molar-refractivity contribution in [1.29, 1.82) is 0 Å². The van der Waals surface area contributed by atoms with Gasteiger partial charge < -0.3 is 10.1 Å². The molecule has 2 heterocycles. The van der Waals surface area contributed by atoms with Gasteiger partial charge in [0.2, 0.25) is 0 Å². The van der Waals surface area contributed by atoms with Crippen LogP contribution in [-0.2, 0) is 11.3 Å². The second-order valence-electron chi connectivity index (χ2n) is 5.31. The summed E-state index contributed by atoms with van der Waals surface area (Å²) in [5.41, 5.74) is 1.56. The summed E-state index contributed by atoms with van der Waals surface area (Å²) in [6.45, 7) is 1.87. The minimum Gasteiger partial charge on any atom is -0.375 e. The molecule has 3 heteroatoms. The molecule has 1 atom stereocenters. The maximum Gasteiger partial charge on any atom is 0.0697 e. The summed E-state index contributed by atoms with van der Waals surface area (Å²) in [5, 5.41) is 3.65. The van der Waals surface area contributed by atoms with Crippen LogP contribution in [0, 0.1) is 0 Å². The topological polar surface area (TPSA) is 34.1 Å². The van der Waals surface area contributed by atoms with E-state index in [0.29, 0.717) is 6.04 Å². The van der Waals surface area contributed by atoms with Gasteiger partial charge in [-0.2, -0.15) is 0 Å². The van der Waals surface area contributed by atoms with Crippen LogP contribution in [0.4, 0.5) is 0 Å². The molecule has 1 aliphatic carbocycles. The van der Waals surface area contributed by atoms with E-state index in [-0.39, 0.29) is 5.60 Å². The lowest BCUT2D eigenvalue weighted by Crippen LogP contribution is -2.50. The number of hydrogen-bond acceptors (Lipinski definition) is 3. The fourth-order valence-corrected chi connectivity index (χ4v) is 2.88. The number of nitrogens with one attached hydrogen (secondary N) is 1. The Bertz CT molecular complexity index is 362. The van der Waals surface area contributed by atoms with Gasteiger partial charge in [-0.15, -0.1) is 0 Å². The van der Waals surface area contributed by atoms with Crippen LogP contribution >= 0.6 is 0 Å². The van der Waals surface area contributed by atoms with Gasteiger partial charge in [0.05, 0.1) is 5.60 Å². The van der Waals surface area contributed by atoms with Gasteiger partial charge >= 0.3 is 0 Å². The molecule has 0 amide bonds. The van der Waals surface area contributed by atoms with Gasteiger partial charge in [-0.05, 0) is 49.8 Å². The minimum atomic E-state index is 0.244. The van der Waals surface area contributed by atoms with Crippen molar-refractivity contribution >= 4 is 0 Å². The fraction of sp³-hybridized carbons (Fsp3) is 0.643. The Morgan fingerprint density at radius 1 is 1.35 bits per heavy atom. The van der Waals surface area contributed by atoms with Crippen LogP contribution in [0.15, 0.2) is 24.5 Å². The Morgan fingerprint density at radius 2 is 2.18 bits per heavy atom. The summed E-state index contributed by atoms with van der Waals surface area (Å²) >= 11 is 0. The maximum atomic E-state index is 5.93. The summed E-state index contributed by atoms with van der Waals surface area (Å²) in [6, 6.07) is 4.77. The molecule has 1 unspecified atom stereocenters. The summed E-state index contributed by atoms with van der Waals surface area (Å²) in [5.74, 6) is 0. The van der Waals surface area contributed by atoms with Crippen molar-refractivity contribution < 1.29 is 4.74 Å². The lowest BCUT2D eigenvalue weighted by atomic mass is 9.74. The Balaban J connectivity index is 1.52. The number of nitrogens with zero attached hydrogens (tertiary/aromatic N) is 1. The number of hydrogen-bond donors (Lipinski definition) is 1. The lowest BCUT2D eigenvalue weighted by Gasteiger charge is -2.47. The van der Waals surface area contributed by atoms with Crippen LogP contribution in [0.3, 0.4) is 0 Å². The Hall–Kier alpha value is -0.930. The van der Waals surface area contributed by atoms with Crippen molar-refractivity contribution in [3.05, 3.63) is 30.1 Å². The van der Waals surface area contributed by atoms with Gasteiger partial charge in [0.15, 0.2) is 0 Å². The van der Waals surface area contributed by atoms with E-state index in [2.05, 4.69) is 22.4 Å². The zero-order valence-corrected chi connectivity index (χ0v) is 10.2. The number of pyridine rings is 1. The first-order chi connectivity index (χ1) is 8.36. The summed E-state index contributed by atoms with van der Waals surface area (Å²) in [7, 11) is 0. The molecule has 3 rings (SSSR count). The first-order valence-corrected chi connectivity index (χ1v) is 6.63. The van der Waals surface area contributed by atoms with Crippen LogP contribution in [0.1, 0.15) is 37.7 Å². The Kier molecular flexibility index (Phi) is 3.12. The van der Waals surface area contributed by atoms with E-state index in [1.165, 1.54) is 31.2 Å². The molecule has 92 valence electrons. The van der Waals surface area contributed by atoms with Crippen LogP contribution in [0.25, 0.3) is 0 Å². The van der Waals surface area contributed by atoms with Crippen molar-refractivity contribution in [3.63, 3.8) is 0 Å². The zero-order chi connectivity index (χ0) is 11.6. The highest BCUT2D eigenvalue weighted by molar-refractivity contribution is 5.09. The summed E-state index contributed by atoms with van der Waals surface area (Å²) in [6.07, 6.45) is 9.92. The van der Waals surface area contributed by atoms with E-state index in [1.54, 1.807) is 0 Å². The highest BCUT2D eigenvalue weighted by Crippen LogP contribution is 2.42. The highest BCUT2D eigenvalue weighted by Gasteiger charge is 2.42. The third kappa shape index (κ3) is 2.50. The van der Waals surface area contributed by atoms with E-state index in [9.17, 15) is 0 Å². The molecule has 3 nitrogen and oxygen atoms in total. The largest absolute Gasteiger partial charge is 0.375 e. The van der Waals surface area contributed by atoms with E-state index in [1.807, 2.05) is 12.4 Å². The highest BCUT2D eigenvalue weighted by atomic mass is 16.5. The summed E-state index contributed by atoms with van der Waals surface area (Å²) < 4.78 is 5.93. The van der Waals surface area contributed by atoms with Gasteiger partial charge in [0.25, 0.3) is 0 Å². The fourth-order valence-electron chi connectivity index (χ4n) is 2.88. The van der Waals surface area contributed by atoms with Gasteiger partial charge in [-0.25, -0.2) is 0 Å². The lowest BCUT2D eigenvalue weighted by molar-refractivity contribution is -0.135. The van der Waals surface area contributed by atoms with E-state index >= 15 is 0 Å². The predicted molar refractivity (Wildman–Crippen MR) is 66.6 cm³/mol. The SMILES string of the molecule is c1cc(CNC2CCOC3(CCC3)C2)ccn1. The molecular weight excluding hydrogens is 212 g/mol. The van der Waals surface area contributed by atoms with Crippen molar-refractivity contribution in [2.75, 3.05) is 6.61 Å². The maximum absolute atomic E-state index is 5.93. The number of ether oxygens (including phenoxy) is 1. The molecule has 0 aromatic carbocycles. The molecule has 0 bridgehead atoms. The third-order valence-corrected chi connectivity index (χ3v) is 4.10. The molecule has 1 saturated heterocycles. The first-order valence-electron chi connectivity index (χ1n) is 6.63. The average molecular weight is 232 g/mol. The second-order valence-corrected chi connectivity index (χ2v) is 5.31. The van der Waals surface area contributed by atoms with Crippen LogP contribution in [0.2, 0.25) is 0 Å². The number of aromatic nitrogens is 1. The molecule has 2 fully saturated rings. The molecule has 1 aromatic rings. The minimum absolute atomic E-state index is 0.244. The molecule has 2 aliphatic rings. The smallest absolute Gasteiger partial charge is 0.0697 e. The molecule has 1 aromatic heterocycles. The van der Waals surface area contributed by atoms with Crippen molar-refractivity contribution in [2.24, 2.45) is 0 Å². The van der Waals surface area contributed by atoms with Crippen molar-refractivity contribution in [2.45, 2.75) is 50.3 Å². The van der Waals surface area contributed by atoms with Crippen LogP contribution < -0.4 is 5.32 Å². The standard InChI is InChI=1S/C14H20N2O/c1-5-14(6-1)10-13(4-9-17-14)16-11-12-2-7-15-8-3-12/h2-3,7-8,13,16H,1,4-6,9-11H2. The zero-order valence-electron chi connectivity index (χ0n) is 10.2. The average Bonchev–Trinajstić information content (AvgIpc) is 2.36. The molecular formula is C14H20N2O. The van der Waals surface area contributed by atoms with Gasteiger partial charge in [-0.3, -0.25) is 4.98 Å². The number of rotatable bonds is 3. The van der Waals surface area contributed by atoms with Crippen molar-refractivity contribution in [1.82, 2.24) is 10.3 Å².